The monoisotopic (exact) mass is 398 g/mol. The molecule has 1 aromatic carbocycles. The first-order chi connectivity index (χ1) is 14.2. The van der Waals surface area contributed by atoms with E-state index in [9.17, 15) is 4.79 Å². The van der Waals surface area contributed by atoms with E-state index in [1.54, 1.807) is 19.5 Å². The zero-order chi connectivity index (χ0) is 20.2. The number of carbonyl (C=O) groups is 1. The highest BCUT2D eigenvalue weighted by atomic mass is 16.6. The summed E-state index contributed by atoms with van der Waals surface area (Å²) in [5.74, 6) is 2.96. The molecule has 1 saturated heterocycles. The predicted octanol–water partition coefficient (Wildman–Crippen LogP) is 2.25. The van der Waals surface area contributed by atoms with Crippen molar-refractivity contribution in [2.45, 2.75) is 12.8 Å². The minimum Gasteiger partial charge on any atom is -0.486 e. The largest absolute Gasteiger partial charge is 0.486 e. The summed E-state index contributed by atoms with van der Waals surface area (Å²) < 4.78 is 16.6. The average molecular weight is 398 g/mol. The first-order valence-electron chi connectivity index (χ1n) is 9.91. The summed E-state index contributed by atoms with van der Waals surface area (Å²) in [5, 5.41) is 0. The lowest BCUT2D eigenvalue weighted by Gasteiger charge is -2.34. The van der Waals surface area contributed by atoms with Crippen molar-refractivity contribution in [2.24, 2.45) is 5.92 Å². The SMILES string of the molecule is COc1nccnc1N(C)CC1CCN(C(=O)c2cccc3c2OCCO3)CC1. The molecule has 4 rings (SSSR count). The molecule has 2 aliphatic rings. The van der Waals surface area contributed by atoms with Gasteiger partial charge in [0, 0.05) is 39.1 Å². The van der Waals surface area contributed by atoms with E-state index in [-0.39, 0.29) is 5.91 Å². The van der Waals surface area contributed by atoms with Gasteiger partial charge in [0.05, 0.1) is 12.7 Å². The number of piperidine rings is 1. The molecule has 154 valence electrons. The summed E-state index contributed by atoms with van der Waals surface area (Å²) in [6.07, 6.45) is 5.16. The molecule has 0 atom stereocenters. The van der Waals surface area contributed by atoms with Gasteiger partial charge >= 0.3 is 0 Å². The van der Waals surface area contributed by atoms with Gasteiger partial charge in [0.25, 0.3) is 11.8 Å². The molecule has 29 heavy (non-hydrogen) atoms. The Hall–Kier alpha value is -3.03. The zero-order valence-corrected chi connectivity index (χ0v) is 16.8. The third kappa shape index (κ3) is 4.06. The van der Waals surface area contributed by atoms with Crippen LogP contribution < -0.4 is 19.1 Å². The highest BCUT2D eigenvalue weighted by molar-refractivity contribution is 5.98. The number of likely N-dealkylation sites (tertiary alicyclic amines) is 1. The number of rotatable bonds is 5. The van der Waals surface area contributed by atoms with E-state index in [1.165, 1.54) is 0 Å². The lowest BCUT2D eigenvalue weighted by Crippen LogP contribution is -2.41. The van der Waals surface area contributed by atoms with Crippen LogP contribution >= 0.6 is 0 Å². The molecule has 8 heteroatoms. The highest BCUT2D eigenvalue weighted by Crippen LogP contribution is 2.35. The number of anilines is 1. The van der Waals surface area contributed by atoms with Crippen LogP contribution in [0.5, 0.6) is 17.4 Å². The summed E-state index contributed by atoms with van der Waals surface area (Å²) in [6.45, 7) is 3.27. The second kappa shape index (κ2) is 8.55. The Balaban J connectivity index is 1.37. The predicted molar refractivity (Wildman–Crippen MR) is 108 cm³/mol. The van der Waals surface area contributed by atoms with Crippen molar-refractivity contribution in [2.75, 3.05) is 51.9 Å². The highest BCUT2D eigenvalue weighted by Gasteiger charge is 2.28. The number of carbonyl (C=O) groups excluding carboxylic acids is 1. The summed E-state index contributed by atoms with van der Waals surface area (Å²) in [6, 6.07) is 5.50. The molecule has 1 aromatic heterocycles. The van der Waals surface area contributed by atoms with Crippen molar-refractivity contribution in [1.29, 1.82) is 0 Å². The maximum absolute atomic E-state index is 13.1. The maximum Gasteiger partial charge on any atom is 0.257 e. The molecule has 0 spiro atoms. The van der Waals surface area contributed by atoms with Gasteiger partial charge in [0.15, 0.2) is 17.3 Å². The van der Waals surface area contributed by atoms with Crippen LogP contribution in [0.15, 0.2) is 30.6 Å². The average Bonchev–Trinajstić information content (AvgIpc) is 2.78. The number of methoxy groups -OCH3 is 1. The number of hydrogen-bond acceptors (Lipinski definition) is 7. The molecule has 0 unspecified atom stereocenters. The number of fused-ring (bicyclic) bond motifs is 1. The molecular formula is C21H26N4O4. The molecule has 0 radical (unpaired) electrons. The molecule has 2 aliphatic heterocycles. The van der Waals surface area contributed by atoms with Crippen LogP contribution in [0.1, 0.15) is 23.2 Å². The quantitative estimate of drug-likeness (QED) is 0.764. The van der Waals surface area contributed by atoms with Gasteiger partial charge in [0.2, 0.25) is 0 Å². The Morgan fingerprint density at radius 3 is 2.76 bits per heavy atom. The zero-order valence-electron chi connectivity index (χ0n) is 16.8. The number of benzene rings is 1. The van der Waals surface area contributed by atoms with E-state index < -0.39 is 0 Å². The van der Waals surface area contributed by atoms with Crippen molar-refractivity contribution in [3.8, 4) is 17.4 Å². The van der Waals surface area contributed by atoms with E-state index in [0.717, 1.165) is 38.3 Å². The van der Waals surface area contributed by atoms with Crippen LogP contribution in [0.2, 0.25) is 0 Å². The maximum atomic E-state index is 13.1. The first kappa shape index (κ1) is 19.3. The lowest BCUT2D eigenvalue weighted by atomic mass is 9.95. The van der Waals surface area contributed by atoms with E-state index >= 15 is 0 Å². The second-order valence-electron chi connectivity index (χ2n) is 7.34. The van der Waals surface area contributed by atoms with Crippen LogP contribution in [0.3, 0.4) is 0 Å². The third-order valence-electron chi connectivity index (χ3n) is 5.43. The van der Waals surface area contributed by atoms with Crippen LogP contribution in [0, 0.1) is 5.92 Å². The van der Waals surface area contributed by atoms with Crippen molar-refractivity contribution < 1.29 is 19.0 Å². The second-order valence-corrected chi connectivity index (χ2v) is 7.34. The molecule has 3 heterocycles. The van der Waals surface area contributed by atoms with Gasteiger partial charge in [-0.05, 0) is 30.9 Å². The molecule has 0 N–H and O–H groups in total. The summed E-state index contributed by atoms with van der Waals surface area (Å²) >= 11 is 0. The smallest absolute Gasteiger partial charge is 0.257 e. The minimum atomic E-state index is 0.00903. The van der Waals surface area contributed by atoms with Gasteiger partial charge in [-0.3, -0.25) is 4.79 Å². The van der Waals surface area contributed by atoms with E-state index in [2.05, 4.69) is 14.9 Å². The van der Waals surface area contributed by atoms with Gasteiger partial charge in [-0.25, -0.2) is 9.97 Å². The van der Waals surface area contributed by atoms with Gasteiger partial charge in [0.1, 0.15) is 13.2 Å². The van der Waals surface area contributed by atoms with Crippen molar-refractivity contribution in [3.63, 3.8) is 0 Å². The Kier molecular flexibility index (Phi) is 5.69. The minimum absolute atomic E-state index is 0.00903. The van der Waals surface area contributed by atoms with Crippen LogP contribution in [0.4, 0.5) is 5.82 Å². The van der Waals surface area contributed by atoms with Crippen molar-refractivity contribution in [1.82, 2.24) is 14.9 Å². The van der Waals surface area contributed by atoms with Crippen LogP contribution in [-0.2, 0) is 0 Å². The molecule has 0 saturated carbocycles. The van der Waals surface area contributed by atoms with E-state index in [4.69, 9.17) is 14.2 Å². The standard InChI is InChI=1S/C21H26N4O4/c1-24(19-20(27-2)23-9-8-22-19)14-15-6-10-25(11-7-15)21(26)16-4-3-5-17-18(16)29-13-12-28-17/h3-5,8-9,15H,6-7,10-14H2,1-2H3. The summed E-state index contributed by atoms with van der Waals surface area (Å²) in [4.78, 5) is 25.6. The fourth-order valence-electron chi connectivity index (χ4n) is 3.93. The number of nitrogens with zero attached hydrogens (tertiary/aromatic N) is 4. The van der Waals surface area contributed by atoms with Gasteiger partial charge < -0.3 is 24.0 Å². The molecule has 1 fully saturated rings. The Bertz CT molecular complexity index is 868. The fraction of sp³-hybridized carbons (Fsp3) is 0.476. The number of para-hydroxylation sites is 1. The first-order valence-corrected chi connectivity index (χ1v) is 9.91. The molecule has 0 bridgehead atoms. The van der Waals surface area contributed by atoms with Gasteiger partial charge in [-0.2, -0.15) is 0 Å². The molecular weight excluding hydrogens is 372 g/mol. The Morgan fingerprint density at radius 1 is 1.21 bits per heavy atom. The summed E-state index contributed by atoms with van der Waals surface area (Å²) in [5.41, 5.74) is 0.585. The van der Waals surface area contributed by atoms with E-state index in [0.29, 0.717) is 42.1 Å². The summed E-state index contributed by atoms with van der Waals surface area (Å²) in [7, 11) is 3.60. The van der Waals surface area contributed by atoms with Crippen molar-refractivity contribution >= 4 is 11.7 Å². The fourth-order valence-corrected chi connectivity index (χ4v) is 3.93. The van der Waals surface area contributed by atoms with E-state index in [1.807, 2.05) is 30.1 Å². The van der Waals surface area contributed by atoms with Gasteiger partial charge in [-0.1, -0.05) is 6.07 Å². The topological polar surface area (TPSA) is 77.0 Å². The molecule has 1 amide bonds. The number of hydrogen-bond donors (Lipinski definition) is 0. The number of ether oxygens (including phenoxy) is 3. The third-order valence-corrected chi connectivity index (χ3v) is 5.43. The number of aromatic nitrogens is 2. The molecule has 8 nitrogen and oxygen atoms in total. The number of amides is 1. The molecule has 0 aliphatic carbocycles. The Labute approximate surface area is 170 Å². The Morgan fingerprint density at radius 2 is 1.97 bits per heavy atom. The van der Waals surface area contributed by atoms with Crippen LogP contribution in [-0.4, -0.2) is 67.8 Å². The molecule has 2 aromatic rings. The van der Waals surface area contributed by atoms with Gasteiger partial charge in [-0.15, -0.1) is 0 Å². The normalized spacial score (nSPS) is 16.4. The lowest BCUT2D eigenvalue weighted by molar-refractivity contribution is 0.0683. The van der Waals surface area contributed by atoms with Crippen molar-refractivity contribution in [3.05, 3.63) is 36.2 Å². The van der Waals surface area contributed by atoms with Crippen LogP contribution in [0.25, 0.3) is 0 Å².